The van der Waals surface area contributed by atoms with Crippen LogP contribution in [0.5, 0.6) is 5.88 Å². The van der Waals surface area contributed by atoms with E-state index in [9.17, 15) is 14.4 Å². The number of rotatable bonds is 8. The number of imide groups is 1. The number of ether oxygens (including phenoxy) is 2. The van der Waals surface area contributed by atoms with Crippen molar-refractivity contribution in [2.45, 2.75) is 58.5 Å². The molecule has 1 aliphatic carbocycles. The van der Waals surface area contributed by atoms with Gasteiger partial charge < -0.3 is 20.1 Å². The second kappa shape index (κ2) is 9.85. The normalized spacial score (nSPS) is 23.4. The monoisotopic (exact) mass is 446 g/mol. The Morgan fingerprint density at radius 2 is 1.97 bits per heavy atom. The van der Waals surface area contributed by atoms with Crippen molar-refractivity contribution >= 4 is 17.8 Å². The van der Waals surface area contributed by atoms with Crippen LogP contribution >= 0.6 is 0 Å². The highest BCUT2D eigenvalue weighted by molar-refractivity contribution is 6.09. The molecule has 1 aliphatic heterocycles. The first-order chi connectivity index (χ1) is 15.1. The maximum Gasteiger partial charge on any atom is 0.325 e. The molecule has 1 saturated heterocycles. The number of methoxy groups -OCH3 is 1. The minimum atomic E-state index is -0.859. The van der Waals surface area contributed by atoms with Gasteiger partial charge in [-0.1, -0.05) is 26.8 Å². The van der Waals surface area contributed by atoms with E-state index in [1.807, 2.05) is 0 Å². The summed E-state index contributed by atoms with van der Waals surface area (Å²) in [5, 5.41) is 5.62. The Morgan fingerprint density at radius 3 is 2.56 bits per heavy atom. The highest BCUT2D eigenvalue weighted by Gasteiger charge is 2.53. The fourth-order valence-electron chi connectivity index (χ4n) is 4.37. The maximum atomic E-state index is 13.0. The predicted octanol–water partition coefficient (Wildman–Crippen LogP) is 2.25. The van der Waals surface area contributed by atoms with Crippen molar-refractivity contribution in [3.8, 4) is 5.88 Å². The standard InChI is InChI=1S/C23H34N4O5/c1-22(2,3)17-7-9-23(10-8-17)20(29)27(21(30)26-23)15-18(28)24-13-16-5-6-19(25-14-16)32-12-11-31-4/h5-6,14,17H,7-13,15H2,1-4H3,(H,24,28)(H,26,30). The number of pyridine rings is 1. The molecule has 32 heavy (non-hydrogen) atoms. The number of hydrogen-bond acceptors (Lipinski definition) is 6. The summed E-state index contributed by atoms with van der Waals surface area (Å²) < 4.78 is 10.3. The molecule has 0 bridgehead atoms. The minimum absolute atomic E-state index is 0.177. The van der Waals surface area contributed by atoms with Crippen LogP contribution in [0.4, 0.5) is 4.79 Å². The molecular formula is C23H34N4O5. The summed E-state index contributed by atoms with van der Waals surface area (Å²) in [5.74, 6) is 0.307. The third-order valence-corrected chi connectivity index (χ3v) is 6.44. The van der Waals surface area contributed by atoms with Crippen LogP contribution in [-0.4, -0.2) is 60.1 Å². The van der Waals surface area contributed by atoms with Gasteiger partial charge in [-0.25, -0.2) is 9.78 Å². The summed E-state index contributed by atoms with van der Waals surface area (Å²) >= 11 is 0. The Morgan fingerprint density at radius 1 is 1.25 bits per heavy atom. The van der Waals surface area contributed by atoms with Gasteiger partial charge in [-0.15, -0.1) is 0 Å². The zero-order valence-electron chi connectivity index (χ0n) is 19.4. The van der Waals surface area contributed by atoms with Crippen molar-refractivity contribution in [2.75, 3.05) is 26.9 Å². The molecule has 3 rings (SSSR count). The highest BCUT2D eigenvalue weighted by atomic mass is 16.5. The van der Waals surface area contributed by atoms with Crippen molar-refractivity contribution in [3.63, 3.8) is 0 Å². The molecule has 0 aromatic carbocycles. The summed E-state index contributed by atoms with van der Waals surface area (Å²) in [6.45, 7) is 7.45. The first-order valence-corrected chi connectivity index (χ1v) is 11.1. The SMILES string of the molecule is COCCOc1ccc(CNC(=O)CN2C(=O)NC3(CCC(C(C)(C)C)CC3)C2=O)cn1. The molecular weight excluding hydrogens is 412 g/mol. The summed E-state index contributed by atoms with van der Waals surface area (Å²) in [6.07, 6.45) is 4.60. The Bertz CT molecular complexity index is 826. The van der Waals surface area contributed by atoms with Crippen LogP contribution < -0.4 is 15.4 Å². The number of hydrogen-bond donors (Lipinski definition) is 2. The van der Waals surface area contributed by atoms with Gasteiger partial charge in [0, 0.05) is 25.9 Å². The van der Waals surface area contributed by atoms with Gasteiger partial charge in [0.25, 0.3) is 5.91 Å². The number of carbonyl (C=O) groups is 3. The van der Waals surface area contributed by atoms with Gasteiger partial charge in [0.05, 0.1) is 6.61 Å². The first kappa shape index (κ1) is 24.0. The van der Waals surface area contributed by atoms with Gasteiger partial charge in [-0.3, -0.25) is 14.5 Å². The third-order valence-electron chi connectivity index (χ3n) is 6.44. The largest absolute Gasteiger partial charge is 0.475 e. The number of nitrogens with one attached hydrogen (secondary N) is 2. The van der Waals surface area contributed by atoms with Gasteiger partial charge in [-0.05, 0) is 42.6 Å². The molecule has 1 aromatic rings. The lowest BCUT2D eigenvalue weighted by molar-refractivity contribution is -0.136. The van der Waals surface area contributed by atoms with Crippen LogP contribution in [0.25, 0.3) is 0 Å². The number of nitrogens with zero attached hydrogens (tertiary/aromatic N) is 2. The molecule has 9 nitrogen and oxygen atoms in total. The van der Waals surface area contributed by atoms with E-state index in [0.717, 1.165) is 23.3 Å². The Labute approximate surface area is 189 Å². The number of urea groups is 1. The van der Waals surface area contributed by atoms with Crippen LogP contribution in [0.1, 0.15) is 52.0 Å². The van der Waals surface area contributed by atoms with E-state index in [0.29, 0.717) is 37.9 Å². The molecule has 0 radical (unpaired) electrons. The summed E-state index contributed by atoms with van der Waals surface area (Å²) in [4.78, 5) is 43.1. The van der Waals surface area contributed by atoms with Crippen molar-refractivity contribution in [2.24, 2.45) is 11.3 Å². The number of carbonyl (C=O) groups excluding carboxylic acids is 3. The smallest absolute Gasteiger partial charge is 0.325 e. The molecule has 1 spiro atoms. The molecule has 2 N–H and O–H groups in total. The fourth-order valence-corrected chi connectivity index (χ4v) is 4.37. The predicted molar refractivity (Wildman–Crippen MR) is 118 cm³/mol. The lowest BCUT2D eigenvalue weighted by Crippen LogP contribution is -2.51. The van der Waals surface area contributed by atoms with Crippen molar-refractivity contribution in [1.82, 2.24) is 20.5 Å². The Hall–Kier alpha value is -2.68. The third kappa shape index (κ3) is 5.56. The van der Waals surface area contributed by atoms with E-state index in [4.69, 9.17) is 9.47 Å². The molecule has 1 aromatic heterocycles. The topological polar surface area (TPSA) is 110 Å². The van der Waals surface area contributed by atoms with E-state index in [2.05, 4.69) is 36.4 Å². The number of amides is 4. The van der Waals surface area contributed by atoms with Crippen LogP contribution in [0.2, 0.25) is 0 Å². The molecule has 2 fully saturated rings. The van der Waals surface area contributed by atoms with E-state index in [1.165, 1.54) is 0 Å². The molecule has 0 atom stereocenters. The zero-order valence-corrected chi connectivity index (χ0v) is 19.4. The van der Waals surface area contributed by atoms with Gasteiger partial charge >= 0.3 is 6.03 Å². The molecule has 1 saturated carbocycles. The fraction of sp³-hybridized carbons (Fsp3) is 0.652. The highest BCUT2D eigenvalue weighted by Crippen LogP contribution is 2.43. The zero-order chi connectivity index (χ0) is 23.4. The molecule has 0 unspecified atom stereocenters. The summed E-state index contributed by atoms with van der Waals surface area (Å²) in [5.41, 5.74) is 0.101. The quantitative estimate of drug-likeness (QED) is 0.468. The average molecular weight is 447 g/mol. The first-order valence-electron chi connectivity index (χ1n) is 11.1. The van der Waals surface area contributed by atoms with E-state index in [-0.39, 0.29) is 24.4 Å². The lowest BCUT2D eigenvalue weighted by Gasteiger charge is -2.40. The molecule has 2 heterocycles. The van der Waals surface area contributed by atoms with Crippen LogP contribution in [0, 0.1) is 11.3 Å². The van der Waals surface area contributed by atoms with Gasteiger partial charge in [0.15, 0.2) is 0 Å². The number of aromatic nitrogens is 1. The van der Waals surface area contributed by atoms with Crippen LogP contribution in [0.3, 0.4) is 0 Å². The van der Waals surface area contributed by atoms with E-state index >= 15 is 0 Å². The lowest BCUT2D eigenvalue weighted by atomic mass is 9.67. The second-order valence-electron chi connectivity index (χ2n) is 9.67. The molecule has 176 valence electrons. The molecule has 9 heteroatoms. The van der Waals surface area contributed by atoms with E-state index < -0.39 is 17.5 Å². The van der Waals surface area contributed by atoms with Crippen LogP contribution in [-0.2, 0) is 20.9 Å². The summed E-state index contributed by atoms with van der Waals surface area (Å²) in [7, 11) is 1.60. The maximum absolute atomic E-state index is 13.0. The van der Waals surface area contributed by atoms with Crippen molar-refractivity contribution in [3.05, 3.63) is 23.9 Å². The van der Waals surface area contributed by atoms with Gasteiger partial charge in [0.2, 0.25) is 11.8 Å². The van der Waals surface area contributed by atoms with Crippen molar-refractivity contribution in [1.29, 1.82) is 0 Å². The molecule has 2 aliphatic rings. The Balaban J connectivity index is 1.49. The average Bonchev–Trinajstić information content (AvgIpc) is 2.97. The Kier molecular flexibility index (Phi) is 7.38. The van der Waals surface area contributed by atoms with Gasteiger partial charge in [-0.2, -0.15) is 0 Å². The van der Waals surface area contributed by atoms with Crippen LogP contribution in [0.15, 0.2) is 18.3 Å². The molecule has 4 amide bonds. The summed E-state index contributed by atoms with van der Waals surface area (Å²) in [6, 6.07) is 3.02. The van der Waals surface area contributed by atoms with Crippen molar-refractivity contribution < 1.29 is 23.9 Å². The minimum Gasteiger partial charge on any atom is -0.475 e. The van der Waals surface area contributed by atoms with Gasteiger partial charge in [0.1, 0.15) is 18.7 Å². The second-order valence-corrected chi connectivity index (χ2v) is 9.67. The van der Waals surface area contributed by atoms with E-state index in [1.54, 1.807) is 25.4 Å².